The van der Waals surface area contributed by atoms with Crippen LogP contribution in [0.2, 0.25) is 0 Å². The van der Waals surface area contributed by atoms with Gasteiger partial charge in [-0.2, -0.15) is 0 Å². The number of nitrogens with one attached hydrogen (secondary N) is 1. The quantitative estimate of drug-likeness (QED) is 0.635. The Morgan fingerprint density at radius 1 is 1.33 bits per heavy atom. The molecule has 0 aliphatic carbocycles. The Balaban J connectivity index is 1.72. The lowest BCUT2D eigenvalue weighted by atomic mass is 9.94. The normalized spacial score (nSPS) is 21.7. The first-order valence-electron chi connectivity index (χ1n) is 10.8. The number of hydrogen-bond acceptors (Lipinski definition) is 8. The number of aromatic nitrogens is 2. The van der Waals surface area contributed by atoms with Crippen molar-refractivity contribution < 1.29 is 23.7 Å². The van der Waals surface area contributed by atoms with Crippen LogP contribution in [0, 0.1) is 0 Å². The van der Waals surface area contributed by atoms with Crippen molar-refractivity contribution in [3.63, 3.8) is 0 Å². The highest BCUT2D eigenvalue weighted by Gasteiger charge is 2.36. The molecule has 178 valence electrons. The van der Waals surface area contributed by atoms with Crippen LogP contribution in [0.25, 0.3) is 0 Å². The molecule has 0 radical (unpaired) electrons. The Hall–Kier alpha value is -2.72. The fraction of sp³-hybridized carbons (Fsp3) is 0.522. The maximum Gasteiger partial charge on any atom is 0.343 e. The molecule has 4 rings (SSSR count). The first-order valence-corrected chi connectivity index (χ1v) is 11.7. The highest BCUT2D eigenvalue weighted by molar-refractivity contribution is 8.14. The van der Waals surface area contributed by atoms with Crippen LogP contribution in [0.4, 0.5) is 5.82 Å². The molecule has 1 N–H and O–H groups in total. The topological polar surface area (TPSA) is 104 Å². The number of H-pyrrole nitrogens is 1. The molecule has 1 saturated heterocycles. The maximum atomic E-state index is 13.1. The highest BCUT2D eigenvalue weighted by atomic mass is 32.2. The van der Waals surface area contributed by atoms with Gasteiger partial charge in [0.05, 0.1) is 41.7 Å². The van der Waals surface area contributed by atoms with Gasteiger partial charge in [-0.1, -0.05) is 17.8 Å². The Kier molecular flexibility index (Phi) is 6.58. The van der Waals surface area contributed by atoms with Gasteiger partial charge >= 0.3 is 5.97 Å². The second-order valence-electron chi connectivity index (χ2n) is 8.71. The number of fused-ring (bicyclic) bond motifs is 1. The zero-order valence-electron chi connectivity index (χ0n) is 19.5. The first-order chi connectivity index (χ1) is 15.7. The zero-order chi connectivity index (χ0) is 23.8. The van der Waals surface area contributed by atoms with Crippen molar-refractivity contribution in [2.45, 2.75) is 50.5 Å². The van der Waals surface area contributed by atoms with Gasteiger partial charge in [-0.3, -0.25) is 14.6 Å². The van der Waals surface area contributed by atoms with Crippen LogP contribution in [0.15, 0.2) is 28.0 Å². The lowest BCUT2D eigenvalue weighted by molar-refractivity contribution is -0.142. The van der Waals surface area contributed by atoms with E-state index in [4.69, 9.17) is 19.2 Å². The fourth-order valence-electron chi connectivity index (χ4n) is 4.29. The van der Waals surface area contributed by atoms with E-state index in [1.807, 2.05) is 17.7 Å². The standard InChI is InChI=1S/C23H29N3O6S/c1-13-24-21-19(22(28)25-26(21)15-8-9-32-23(2,3)11-15)20(33-13)14-6-7-16(29-4)17(10-14)31-12-18(27)30-5/h6-7,10,15,20H,8-9,11-12H2,1-5H3,(H,25,28)/t15-,20-/m0/s1. The van der Waals surface area contributed by atoms with Crippen molar-refractivity contribution in [1.29, 1.82) is 0 Å². The molecule has 1 fully saturated rings. The van der Waals surface area contributed by atoms with Crippen molar-refractivity contribution in [2.24, 2.45) is 4.99 Å². The van der Waals surface area contributed by atoms with Crippen LogP contribution in [0.1, 0.15) is 56.0 Å². The van der Waals surface area contributed by atoms with E-state index >= 15 is 0 Å². The molecule has 0 amide bonds. The van der Waals surface area contributed by atoms with Gasteiger partial charge in [-0.25, -0.2) is 9.79 Å². The van der Waals surface area contributed by atoms with Gasteiger partial charge in [0.15, 0.2) is 23.9 Å². The SMILES string of the molecule is COC(=O)COc1cc([C@@H]2SC(C)=Nc3c2c(=O)[nH]n3[C@H]2CCOC(C)(C)C2)ccc1OC. The number of hydrogen-bond donors (Lipinski definition) is 1. The largest absolute Gasteiger partial charge is 0.493 e. The van der Waals surface area contributed by atoms with Crippen molar-refractivity contribution in [3.05, 3.63) is 39.7 Å². The van der Waals surface area contributed by atoms with E-state index in [9.17, 15) is 9.59 Å². The Bertz CT molecular complexity index is 1140. The predicted molar refractivity (Wildman–Crippen MR) is 126 cm³/mol. The average Bonchev–Trinajstić information content (AvgIpc) is 3.12. The maximum absolute atomic E-state index is 13.1. The van der Waals surface area contributed by atoms with Gasteiger partial charge in [0.2, 0.25) is 0 Å². The Morgan fingerprint density at radius 2 is 2.12 bits per heavy atom. The van der Waals surface area contributed by atoms with Gasteiger partial charge < -0.3 is 18.9 Å². The Morgan fingerprint density at radius 3 is 2.82 bits per heavy atom. The van der Waals surface area contributed by atoms with Crippen LogP contribution in [-0.2, 0) is 14.3 Å². The summed E-state index contributed by atoms with van der Waals surface area (Å²) in [5, 5.41) is 3.62. The molecule has 3 heterocycles. The number of carbonyl (C=O) groups is 1. The molecular weight excluding hydrogens is 446 g/mol. The van der Waals surface area contributed by atoms with E-state index in [0.717, 1.165) is 23.4 Å². The summed E-state index contributed by atoms with van der Waals surface area (Å²) in [7, 11) is 2.84. The molecule has 1 aromatic heterocycles. The molecule has 0 saturated carbocycles. The van der Waals surface area contributed by atoms with Crippen LogP contribution in [0.5, 0.6) is 11.5 Å². The predicted octanol–water partition coefficient (Wildman–Crippen LogP) is 3.75. The summed E-state index contributed by atoms with van der Waals surface area (Å²) in [5.74, 6) is 1.07. The lowest BCUT2D eigenvalue weighted by Crippen LogP contribution is -2.35. The van der Waals surface area contributed by atoms with E-state index in [1.165, 1.54) is 26.0 Å². The van der Waals surface area contributed by atoms with Gasteiger partial charge in [0.1, 0.15) is 0 Å². The number of aromatic amines is 1. The number of nitrogens with zero attached hydrogens (tertiary/aromatic N) is 2. The molecule has 2 aliphatic heterocycles. The number of methoxy groups -OCH3 is 2. The number of aliphatic imine (C=N–C) groups is 1. The smallest absolute Gasteiger partial charge is 0.343 e. The third-order valence-corrected chi connectivity index (χ3v) is 7.03. The van der Waals surface area contributed by atoms with Gasteiger partial charge in [0, 0.05) is 6.61 Å². The number of ether oxygens (including phenoxy) is 4. The van der Waals surface area contributed by atoms with E-state index in [1.54, 1.807) is 12.1 Å². The molecule has 33 heavy (non-hydrogen) atoms. The molecule has 0 spiro atoms. The number of esters is 1. The number of rotatable bonds is 6. The van der Waals surface area contributed by atoms with Crippen LogP contribution < -0.4 is 15.0 Å². The molecule has 2 aromatic rings. The van der Waals surface area contributed by atoms with Crippen molar-refractivity contribution in [1.82, 2.24) is 9.78 Å². The van der Waals surface area contributed by atoms with Crippen LogP contribution >= 0.6 is 11.8 Å². The highest BCUT2D eigenvalue weighted by Crippen LogP contribution is 2.46. The summed E-state index contributed by atoms with van der Waals surface area (Å²) in [6, 6.07) is 5.57. The van der Waals surface area contributed by atoms with E-state index < -0.39 is 5.97 Å². The molecule has 0 unspecified atom stereocenters. The minimum absolute atomic E-state index is 0.0975. The van der Waals surface area contributed by atoms with Gasteiger partial charge in [0.25, 0.3) is 5.56 Å². The van der Waals surface area contributed by atoms with Gasteiger partial charge in [-0.15, -0.1) is 0 Å². The van der Waals surface area contributed by atoms with Crippen molar-refractivity contribution in [3.8, 4) is 11.5 Å². The minimum atomic E-state index is -0.493. The van der Waals surface area contributed by atoms with E-state index in [-0.39, 0.29) is 29.1 Å². The molecular formula is C23H29N3O6S. The fourth-order valence-corrected chi connectivity index (χ4v) is 5.39. The molecule has 1 aromatic carbocycles. The van der Waals surface area contributed by atoms with E-state index in [2.05, 4.69) is 23.7 Å². The number of benzene rings is 1. The van der Waals surface area contributed by atoms with Crippen LogP contribution in [0.3, 0.4) is 0 Å². The third kappa shape index (κ3) is 4.81. The first kappa shape index (κ1) is 23.4. The summed E-state index contributed by atoms with van der Waals surface area (Å²) in [4.78, 5) is 29.4. The van der Waals surface area contributed by atoms with Crippen LogP contribution in [-0.4, -0.2) is 53.8 Å². The number of carbonyl (C=O) groups excluding carboxylic acids is 1. The molecule has 2 aliphatic rings. The molecule has 2 atom stereocenters. The summed E-state index contributed by atoms with van der Waals surface area (Å²) in [5.41, 5.74) is 1.04. The lowest BCUT2D eigenvalue weighted by Gasteiger charge is -2.36. The summed E-state index contributed by atoms with van der Waals surface area (Å²) in [6.07, 6.45) is 1.59. The number of thioether (sulfide) groups is 1. The second kappa shape index (κ2) is 9.26. The average molecular weight is 476 g/mol. The minimum Gasteiger partial charge on any atom is -0.493 e. The zero-order valence-corrected chi connectivity index (χ0v) is 20.3. The summed E-state index contributed by atoms with van der Waals surface area (Å²) < 4.78 is 23.4. The molecule has 9 nitrogen and oxygen atoms in total. The Labute approximate surface area is 196 Å². The van der Waals surface area contributed by atoms with Crippen molar-refractivity contribution >= 4 is 28.6 Å². The summed E-state index contributed by atoms with van der Waals surface area (Å²) in [6.45, 7) is 6.46. The monoisotopic (exact) mass is 475 g/mol. The second-order valence-corrected chi connectivity index (χ2v) is 10.0. The molecule has 0 bridgehead atoms. The summed E-state index contributed by atoms with van der Waals surface area (Å²) >= 11 is 1.51. The third-order valence-electron chi connectivity index (χ3n) is 5.85. The van der Waals surface area contributed by atoms with E-state index in [0.29, 0.717) is 29.5 Å². The molecule has 10 heteroatoms. The van der Waals surface area contributed by atoms with Crippen molar-refractivity contribution in [2.75, 3.05) is 27.4 Å². The van der Waals surface area contributed by atoms with Gasteiger partial charge in [-0.05, 0) is 51.3 Å².